The quantitative estimate of drug-likeness (QED) is 0.628. The van der Waals surface area contributed by atoms with Crippen LogP contribution in [0.3, 0.4) is 0 Å². The summed E-state index contributed by atoms with van der Waals surface area (Å²) in [6, 6.07) is 0. The number of methoxy groups -OCH3 is 1. The van der Waals surface area contributed by atoms with Gasteiger partial charge in [-0.2, -0.15) is 0 Å². The molecule has 22 heavy (non-hydrogen) atoms. The Morgan fingerprint density at radius 2 is 2.18 bits per heavy atom. The molecule has 0 bridgehead atoms. The minimum atomic E-state index is -0.739. The molecule has 0 aromatic carbocycles. The zero-order chi connectivity index (χ0) is 16.6. The van der Waals surface area contributed by atoms with Gasteiger partial charge in [-0.1, -0.05) is 57.4 Å². The van der Waals surface area contributed by atoms with Crippen LogP contribution in [0.25, 0.3) is 0 Å². The lowest BCUT2D eigenvalue weighted by Gasteiger charge is -2.39. The van der Waals surface area contributed by atoms with Gasteiger partial charge < -0.3 is 9.84 Å². The SMILES string of the molecule is CCCCC1C(CCOC)=CC=CC1(CCC(C)C)C(=O)O. The predicted molar refractivity (Wildman–Crippen MR) is 90.9 cm³/mol. The molecule has 0 aromatic rings. The van der Waals surface area contributed by atoms with E-state index in [1.165, 1.54) is 5.57 Å². The van der Waals surface area contributed by atoms with Crippen LogP contribution in [-0.4, -0.2) is 24.8 Å². The largest absolute Gasteiger partial charge is 0.481 e. The number of hydrogen-bond acceptors (Lipinski definition) is 2. The van der Waals surface area contributed by atoms with Crippen LogP contribution < -0.4 is 0 Å². The lowest BCUT2D eigenvalue weighted by molar-refractivity contribution is -0.149. The van der Waals surface area contributed by atoms with Crippen molar-refractivity contribution >= 4 is 5.97 Å². The summed E-state index contributed by atoms with van der Waals surface area (Å²) in [6.07, 6.45) is 11.6. The number of unbranched alkanes of at least 4 members (excludes halogenated alkanes) is 1. The predicted octanol–water partition coefficient (Wildman–Crippen LogP) is 4.83. The molecule has 2 unspecified atom stereocenters. The third-order valence-corrected chi connectivity index (χ3v) is 4.75. The number of carbonyl (C=O) groups is 1. The van der Waals surface area contributed by atoms with E-state index < -0.39 is 11.4 Å². The number of carboxylic acid groups (broad SMARTS) is 1. The third kappa shape index (κ3) is 4.70. The Kier molecular flexibility index (Phi) is 7.88. The standard InChI is InChI=1S/C19H32O3/c1-5-6-9-17-16(11-14-22-4)8-7-12-19(17,18(20)21)13-10-15(2)3/h7-8,12,15,17H,5-6,9-11,13-14H2,1-4H3,(H,20,21). The van der Waals surface area contributed by atoms with Gasteiger partial charge in [0.1, 0.15) is 0 Å². The minimum Gasteiger partial charge on any atom is -0.481 e. The van der Waals surface area contributed by atoms with Crippen LogP contribution >= 0.6 is 0 Å². The number of allylic oxidation sites excluding steroid dienone is 2. The van der Waals surface area contributed by atoms with Crippen molar-refractivity contribution in [1.29, 1.82) is 0 Å². The van der Waals surface area contributed by atoms with Crippen molar-refractivity contribution in [2.45, 2.75) is 59.3 Å². The molecule has 3 nitrogen and oxygen atoms in total. The fourth-order valence-electron chi connectivity index (χ4n) is 3.35. The van der Waals surface area contributed by atoms with Crippen LogP contribution in [0, 0.1) is 17.3 Å². The Morgan fingerprint density at radius 1 is 1.45 bits per heavy atom. The number of rotatable bonds is 10. The van der Waals surface area contributed by atoms with Crippen LogP contribution in [0.15, 0.2) is 23.8 Å². The smallest absolute Gasteiger partial charge is 0.314 e. The van der Waals surface area contributed by atoms with Gasteiger partial charge in [0.05, 0.1) is 5.41 Å². The van der Waals surface area contributed by atoms with E-state index in [1.807, 2.05) is 12.2 Å². The van der Waals surface area contributed by atoms with Crippen LogP contribution in [0.4, 0.5) is 0 Å². The van der Waals surface area contributed by atoms with Crippen molar-refractivity contribution in [1.82, 2.24) is 0 Å². The summed E-state index contributed by atoms with van der Waals surface area (Å²) in [5.41, 5.74) is 0.501. The number of carboxylic acids is 1. The molecular formula is C19H32O3. The van der Waals surface area contributed by atoms with Crippen LogP contribution in [-0.2, 0) is 9.53 Å². The monoisotopic (exact) mass is 308 g/mol. The van der Waals surface area contributed by atoms with Crippen molar-refractivity contribution < 1.29 is 14.6 Å². The first-order valence-corrected chi connectivity index (χ1v) is 8.58. The van der Waals surface area contributed by atoms with E-state index >= 15 is 0 Å². The van der Waals surface area contributed by atoms with Crippen molar-refractivity contribution in [3.63, 3.8) is 0 Å². The molecule has 0 radical (unpaired) electrons. The van der Waals surface area contributed by atoms with Gasteiger partial charge >= 0.3 is 5.97 Å². The zero-order valence-electron chi connectivity index (χ0n) is 14.6. The van der Waals surface area contributed by atoms with Gasteiger partial charge in [-0.05, 0) is 37.5 Å². The van der Waals surface area contributed by atoms with Gasteiger partial charge in [-0.25, -0.2) is 0 Å². The Hall–Kier alpha value is -1.09. The highest BCUT2D eigenvalue weighted by molar-refractivity contribution is 5.79. The van der Waals surface area contributed by atoms with Gasteiger partial charge in [0.2, 0.25) is 0 Å². The van der Waals surface area contributed by atoms with E-state index in [-0.39, 0.29) is 5.92 Å². The summed E-state index contributed by atoms with van der Waals surface area (Å²) in [7, 11) is 1.70. The highest BCUT2D eigenvalue weighted by atomic mass is 16.5. The lowest BCUT2D eigenvalue weighted by atomic mass is 9.64. The second-order valence-corrected chi connectivity index (χ2v) is 6.82. The van der Waals surface area contributed by atoms with E-state index in [2.05, 4.69) is 26.8 Å². The summed E-state index contributed by atoms with van der Waals surface area (Å²) in [5, 5.41) is 10.0. The Balaban J connectivity index is 3.06. The van der Waals surface area contributed by atoms with Gasteiger partial charge in [0.25, 0.3) is 0 Å². The van der Waals surface area contributed by atoms with E-state index in [1.54, 1.807) is 7.11 Å². The van der Waals surface area contributed by atoms with Gasteiger partial charge in [0.15, 0.2) is 0 Å². The van der Waals surface area contributed by atoms with E-state index in [9.17, 15) is 9.90 Å². The van der Waals surface area contributed by atoms with Gasteiger partial charge in [-0.3, -0.25) is 4.79 Å². The van der Waals surface area contributed by atoms with E-state index in [0.717, 1.165) is 38.5 Å². The van der Waals surface area contributed by atoms with Crippen molar-refractivity contribution in [2.24, 2.45) is 17.3 Å². The number of hydrogen-bond donors (Lipinski definition) is 1. The van der Waals surface area contributed by atoms with Gasteiger partial charge in [0, 0.05) is 13.7 Å². The Labute approximate surface area is 135 Å². The highest BCUT2D eigenvalue weighted by Crippen LogP contribution is 2.46. The van der Waals surface area contributed by atoms with Crippen LogP contribution in [0.5, 0.6) is 0 Å². The second-order valence-electron chi connectivity index (χ2n) is 6.82. The van der Waals surface area contributed by atoms with Crippen molar-refractivity contribution in [3.05, 3.63) is 23.8 Å². The first kappa shape index (κ1) is 19.0. The normalized spacial score (nSPS) is 24.6. The molecule has 0 saturated heterocycles. The van der Waals surface area contributed by atoms with Crippen LogP contribution in [0.1, 0.15) is 59.3 Å². The van der Waals surface area contributed by atoms with E-state index in [4.69, 9.17) is 4.74 Å². The molecule has 1 rings (SSSR count). The van der Waals surface area contributed by atoms with Crippen molar-refractivity contribution in [2.75, 3.05) is 13.7 Å². The fraction of sp³-hybridized carbons (Fsp3) is 0.737. The van der Waals surface area contributed by atoms with Crippen LogP contribution in [0.2, 0.25) is 0 Å². The average Bonchev–Trinajstić information content (AvgIpc) is 2.49. The molecule has 0 heterocycles. The molecule has 3 heteroatoms. The lowest BCUT2D eigenvalue weighted by Crippen LogP contribution is -2.40. The summed E-state index contributed by atoms with van der Waals surface area (Å²) >= 11 is 0. The topological polar surface area (TPSA) is 46.5 Å². The molecule has 126 valence electrons. The van der Waals surface area contributed by atoms with Crippen molar-refractivity contribution in [3.8, 4) is 0 Å². The Morgan fingerprint density at radius 3 is 2.73 bits per heavy atom. The fourth-order valence-corrected chi connectivity index (χ4v) is 3.35. The van der Waals surface area contributed by atoms with E-state index in [0.29, 0.717) is 12.5 Å². The third-order valence-electron chi connectivity index (χ3n) is 4.75. The molecule has 0 aliphatic heterocycles. The number of aliphatic carboxylic acids is 1. The summed E-state index contributed by atoms with van der Waals surface area (Å²) in [6.45, 7) is 7.13. The molecule has 0 saturated carbocycles. The average molecular weight is 308 g/mol. The first-order valence-electron chi connectivity index (χ1n) is 8.58. The number of ether oxygens (including phenoxy) is 1. The molecule has 1 aliphatic carbocycles. The molecule has 0 fully saturated rings. The molecule has 1 N–H and O–H groups in total. The second kappa shape index (κ2) is 9.14. The van der Waals surface area contributed by atoms with Gasteiger partial charge in [-0.15, -0.1) is 0 Å². The maximum absolute atomic E-state index is 12.2. The first-order chi connectivity index (χ1) is 10.5. The molecule has 2 atom stereocenters. The maximum atomic E-state index is 12.2. The minimum absolute atomic E-state index is 0.101. The molecule has 0 spiro atoms. The summed E-state index contributed by atoms with van der Waals surface area (Å²) in [4.78, 5) is 12.2. The zero-order valence-corrected chi connectivity index (χ0v) is 14.6. The maximum Gasteiger partial charge on any atom is 0.314 e. The molecular weight excluding hydrogens is 276 g/mol. The highest BCUT2D eigenvalue weighted by Gasteiger charge is 2.45. The summed E-state index contributed by atoms with van der Waals surface area (Å²) < 4.78 is 5.21. The molecule has 0 aromatic heterocycles. The molecule has 1 aliphatic rings. The Bertz CT molecular complexity index is 409. The summed E-state index contributed by atoms with van der Waals surface area (Å²) in [5.74, 6) is -0.0536. The molecule has 0 amide bonds.